The van der Waals surface area contributed by atoms with Crippen LogP contribution in [-0.2, 0) is 13.1 Å². The van der Waals surface area contributed by atoms with Crippen molar-refractivity contribution < 1.29 is 24.8 Å². The van der Waals surface area contributed by atoms with Crippen molar-refractivity contribution >= 4 is 23.4 Å². The lowest BCUT2D eigenvalue weighted by Gasteiger charge is -2.41. The largest absolute Gasteiger partial charge is 0.627 e. The minimum Gasteiger partial charge on any atom is -0.627 e. The second kappa shape index (κ2) is 9.93. The summed E-state index contributed by atoms with van der Waals surface area (Å²) in [5.41, 5.74) is 4.55. The monoisotopic (exact) mass is 507 g/mol. The summed E-state index contributed by atoms with van der Waals surface area (Å²) in [6.45, 7) is 2.25. The molecule has 0 spiro atoms. The minimum atomic E-state index is -1.07. The average Bonchev–Trinajstić information content (AvgIpc) is 2.91. The van der Waals surface area contributed by atoms with Crippen molar-refractivity contribution in [3.05, 3.63) is 118 Å². The fourth-order valence-electron chi connectivity index (χ4n) is 4.46. The third-order valence-electron chi connectivity index (χ3n) is 6.52. The standard InChI is InChI=1S/C30H25N3O5/c1-19-8-10-20(11-9-19)17-33(38)15-14-21-12-13-27(29(35)25(21)18-33)32-31-26-7-3-6-24(28(26)34)22-4-2-5-23(16-22)30(36)37/h2-16,34-35H,17-18H2,1H3,(H,36,37). The van der Waals surface area contributed by atoms with E-state index in [0.717, 1.165) is 16.7 Å². The van der Waals surface area contributed by atoms with Gasteiger partial charge < -0.3 is 25.2 Å². The van der Waals surface area contributed by atoms with Crippen molar-refractivity contribution in [2.24, 2.45) is 10.2 Å². The number of phenolic OH excluding ortho intramolecular Hbond substituents is 2. The van der Waals surface area contributed by atoms with Gasteiger partial charge in [0, 0.05) is 11.1 Å². The summed E-state index contributed by atoms with van der Waals surface area (Å²) in [4.78, 5) is 11.3. The molecule has 8 heteroatoms. The highest BCUT2D eigenvalue weighted by Gasteiger charge is 2.25. The number of benzene rings is 4. The Kier molecular flexibility index (Phi) is 6.50. The van der Waals surface area contributed by atoms with Crippen molar-refractivity contribution in [3.63, 3.8) is 0 Å². The Hall–Kier alpha value is -4.79. The molecule has 0 saturated heterocycles. The Morgan fingerprint density at radius 2 is 1.63 bits per heavy atom. The molecule has 0 aromatic heterocycles. The van der Waals surface area contributed by atoms with Crippen molar-refractivity contribution in [1.29, 1.82) is 0 Å². The molecule has 8 nitrogen and oxygen atoms in total. The van der Waals surface area contributed by atoms with Crippen molar-refractivity contribution in [2.45, 2.75) is 20.0 Å². The fourth-order valence-corrected chi connectivity index (χ4v) is 4.46. The number of carbonyl (C=O) groups is 1. The zero-order valence-corrected chi connectivity index (χ0v) is 20.6. The second-order valence-corrected chi connectivity index (χ2v) is 9.33. The molecule has 5 rings (SSSR count). The number of rotatable bonds is 6. The highest BCUT2D eigenvalue weighted by molar-refractivity contribution is 5.90. The number of aromatic carboxylic acids is 1. The van der Waals surface area contributed by atoms with Gasteiger partial charge in [-0.05, 0) is 48.4 Å². The van der Waals surface area contributed by atoms with Crippen LogP contribution in [-0.4, -0.2) is 25.9 Å². The lowest BCUT2D eigenvalue weighted by atomic mass is 10.0. The number of quaternary nitrogens is 1. The zero-order valence-electron chi connectivity index (χ0n) is 20.6. The van der Waals surface area contributed by atoms with Gasteiger partial charge in [-0.1, -0.05) is 60.2 Å². The Balaban J connectivity index is 1.42. The van der Waals surface area contributed by atoms with Gasteiger partial charge in [-0.15, -0.1) is 10.2 Å². The quantitative estimate of drug-likeness (QED) is 0.145. The van der Waals surface area contributed by atoms with Gasteiger partial charge in [-0.3, -0.25) is 0 Å². The molecule has 1 unspecified atom stereocenters. The summed E-state index contributed by atoms with van der Waals surface area (Å²) < 4.78 is -0.650. The van der Waals surface area contributed by atoms with Crippen LogP contribution in [0.25, 0.3) is 17.2 Å². The molecular weight excluding hydrogens is 482 g/mol. The zero-order chi connectivity index (χ0) is 26.9. The normalized spacial score (nSPS) is 16.5. The number of phenols is 2. The summed E-state index contributed by atoms with van der Waals surface area (Å²) in [6, 6.07) is 22.3. The smallest absolute Gasteiger partial charge is 0.335 e. The van der Waals surface area contributed by atoms with Gasteiger partial charge in [-0.25, -0.2) is 4.79 Å². The van der Waals surface area contributed by atoms with Crippen LogP contribution in [0, 0.1) is 12.1 Å². The third kappa shape index (κ3) is 5.04. The maximum atomic E-state index is 13.5. The number of aryl methyl sites for hydroxylation is 1. The van der Waals surface area contributed by atoms with Crippen LogP contribution in [0.1, 0.15) is 32.6 Å². The molecule has 1 aliphatic rings. The summed E-state index contributed by atoms with van der Waals surface area (Å²) in [7, 11) is 0. The summed E-state index contributed by atoms with van der Waals surface area (Å²) in [6.07, 6.45) is 3.30. The van der Waals surface area contributed by atoms with E-state index in [-0.39, 0.29) is 41.5 Å². The van der Waals surface area contributed by atoms with E-state index in [4.69, 9.17) is 0 Å². The van der Waals surface area contributed by atoms with Crippen LogP contribution in [0.5, 0.6) is 11.5 Å². The first-order chi connectivity index (χ1) is 18.2. The number of hydrogen-bond donors (Lipinski definition) is 3. The average molecular weight is 508 g/mol. The molecule has 0 bridgehead atoms. The minimum absolute atomic E-state index is 0.0373. The van der Waals surface area contributed by atoms with Gasteiger partial charge in [0.1, 0.15) is 24.5 Å². The fraction of sp³-hybridized carbons (Fsp3) is 0.100. The van der Waals surface area contributed by atoms with Crippen LogP contribution in [0.15, 0.2) is 95.3 Å². The SMILES string of the molecule is Cc1ccc(C[N+]2([O-])C=Cc3ccc(N=Nc4cccc(-c5cccc(C(=O)O)c5)c4O)c(O)c3C2)cc1. The molecule has 4 aromatic carbocycles. The second-order valence-electron chi connectivity index (χ2n) is 9.33. The summed E-state index contributed by atoms with van der Waals surface area (Å²) in [5.74, 6) is -1.38. The van der Waals surface area contributed by atoms with Crippen molar-refractivity contribution in [1.82, 2.24) is 0 Å². The van der Waals surface area contributed by atoms with Gasteiger partial charge in [-0.2, -0.15) is 0 Å². The van der Waals surface area contributed by atoms with Crippen LogP contribution in [0.3, 0.4) is 0 Å². The van der Waals surface area contributed by atoms with Gasteiger partial charge in [0.25, 0.3) is 0 Å². The van der Waals surface area contributed by atoms with Gasteiger partial charge in [0.05, 0.1) is 17.3 Å². The number of carboxylic acid groups (broad SMARTS) is 1. The van der Waals surface area contributed by atoms with Crippen LogP contribution in [0.4, 0.5) is 11.4 Å². The van der Waals surface area contributed by atoms with Crippen LogP contribution < -0.4 is 0 Å². The van der Waals surface area contributed by atoms with E-state index in [1.54, 1.807) is 54.7 Å². The number of carboxylic acids is 1. The highest BCUT2D eigenvalue weighted by atomic mass is 16.5. The lowest BCUT2D eigenvalue weighted by molar-refractivity contribution is -0.857. The molecule has 0 saturated carbocycles. The molecule has 0 aliphatic carbocycles. The van der Waals surface area contributed by atoms with E-state index in [0.29, 0.717) is 16.7 Å². The highest BCUT2D eigenvalue weighted by Crippen LogP contribution is 2.41. The number of hydrogen-bond acceptors (Lipinski definition) is 6. The van der Waals surface area contributed by atoms with E-state index in [1.165, 1.54) is 12.1 Å². The molecule has 1 heterocycles. The molecule has 1 aliphatic heterocycles. The number of para-hydroxylation sites is 1. The molecule has 1 atom stereocenters. The molecule has 0 amide bonds. The topological polar surface area (TPSA) is 126 Å². The van der Waals surface area contributed by atoms with Gasteiger partial charge >= 0.3 is 5.97 Å². The molecule has 3 N–H and O–H groups in total. The number of nitrogens with zero attached hydrogens (tertiary/aromatic N) is 3. The molecule has 190 valence electrons. The molecular formula is C30H25N3O5. The molecule has 0 fully saturated rings. The van der Waals surface area contributed by atoms with E-state index in [2.05, 4.69) is 10.2 Å². The van der Waals surface area contributed by atoms with Crippen LogP contribution in [0.2, 0.25) is 0 Å². The Bertz CT molecular complexity index is 1590. The number of azo groups is 1. The Morgan fingerprint density at radius 1 is 0.921 bits per heavy atom. The third-order valence-corrected chi connectivity index (χ3v) is 6.52. The van der Waals surface area contributed by atoms with Crippen molar-refractivity contribution in [3.8, 4) is 22.6 Å². The predicted octanol–water partition coefficient (Wildman–Crippen LogP) is 7.19. The first kappa shape index (κ1) is 24.9. The van der Waals surface area contributed by atoms with Gasteiger partial charge in [0.2, 0.25) is 0 Å². The van der Waals surface area contributed by atoms with E-state index >= 15 is 0 Å². The van der Waals surface area contributed by atoms with E-state index < -0.39 is 10.6 Å². The molecule has 0 radical (unpaired) electrons. The first-order valence-electron chi connectivity index (χ1n) is 12.0. The van der Waals surface area contributed by atoms with Gasteiger partial charge in [0.15, 0.2) is 11.5 Å². The number of fused-ring (bicyclic) bond motifs is 1. The van der Waals surface area contributed by atoms with Crippen molar-refractivity contribution in [2.75, 3.05) is 0 Å². The maximum Gasteiger partial charge on any atom is 0.335 e. The van der Waals surface area contributed by atoms with Crippen LogP contribution >= 0.6 is 0 Å². The number of hydroxylamine groups is 3. The number of aromatic hydroxyl groups is 2. The Morgan fingerprint density at radius 3 is 2.37 bits per heavy atom. The predicted molar refractivity (Wildman–Crippen MR) is 144 cm³/mol. The summed E-state index contributed by atoms with van der Waals surface area (Å²) >= 11 is 0. The van der Waals surface area contributed by atoms with E-state index in [9.17, 15) is 25.3 Å². The first-order valence-corrected chi connectivity index (χ1v) is 12.0. The maximum absolute atomic E-state index is 13.5. The molecule has 4 aromatic rings. The lowest BCUT2D eigenvalue weighted by Crippen LogP contribution is -2.36. The molecule has 38 heavy (non-hydrogen) atoms. The Labute approximate surface area is 219 Å². The summed E-state index contributed by atoms with van der Waals surface area (Å²) in [5, 5.41) is 52.8. The van der Waals surface area contributed by atoms with E-state index in [1.807, 2.05) is 31.2 Å².